The van der Waals surface area contributed by atoms with Gasteiger partial charge in [-0.3, -0.25) is 9.67 Å². The van der Waals surface area contributed by atoms with Gasteiger partial charge in [0.25, 0.3) is 0 Å². The Kier molecular flexibility index (Phi) is 5.20. The number of hydrogen-bond donors (Lipinski definition) is 1. The molecule has 0 radical (unpaired) electrons. The van der Waals surface area contributed by atoms with Crippen LogP contribution in [0.1, 0.15) is 5.56 Å². The van der Waals surface area contributed by atoms with E-state index in [1.54, 1.807) is 29.3 Å². The van der Waals surface area contributed by atoms with Crippen molar-refractivity contribution < 1.29 is 12.8 Å². The lowest BCUT2D eigenvalue weighted by atomic mass is 10.2. The van der Waals surface area contributed by atoms with Gasteiger partial charge in [0, 0.05) is 36.3 Å². The molecular weight excluding hydrogens is 343 g/mol. The second kappa shape index (κ2) is 7.54. The summed E-state index contributed by atoms with van der Waals surface area (Å²) in [6.45, 7) is 0.551. The number of nitrogens with one attached hydrogen (secondary N) is 1. The molecule has 0 aliphatic heterocycles. The Morgan fingerprint density at radius 2 is 1.84 bits per heavy atom. The number of nitrogens with zero attached hydrogens (tertiary/aromatic N) is 3. The summed E-state index contributed by atoms with van der Waals surface area (Å²) >= 11 is 0. The first-order valence-corrected chi connectivity index (χ1v) is 9.33. The van der Waals surface area contributed by atoms with Crippen molar-refractivity contribution in [3.8, 4) is 11.3 Å². The highest BCUT2D eigenvalue weighted by Gasteiger charge is 2.14. The van der Waals surface area contributed by atoms with Crippen LogP contribution < -0.4 is 4.72 Å². The minimum Gasteiger partial charge on any atom is -0.271 e. The van der Waals surface area contributed by atoms with Gasteiger partial charge < -0.3 is 0 Å². The Balaban J connectivity index is 1.56. The topological polar surface area (TPSA) is 76.9 Å². The van der Waals surface area contributed by atoms with Gasteiger partial charge in [0.2, 0.25) is 10.0 Å². The maximum Gasteiger partial charge on any atom is 0.215 e. The molecule has 3 aromatic rings. The summed E-state index contributed by atoms with van der Waals surface area (Å²) < 4.78 is 41.8. The SMILES string of the molecule is O=S(=O)(Cc1ccccc1F)NCCn1ccc(-c2ccncc2)n1. The van der Waals surface area contributed by atoms with Crippen molar-refractivity contribution in [1.82, 2.24) is 19.5 Å². The molecule has 0 atom stereocenters. The van der Waals surface area contributed by atoms with E-state index in [2.05, 4.69) is 14.8 Å². The van der Waals surface area contributed by atoms with Crippen molar-refractivity contribution in [3.63, 3.8) is 0 Å². The van der Waals surface area contributed by atoms with Crippen LogP contribution in [-0.4, -0.2) is 29.7 Å². The van der Waals surface area contributed by atoms with E-state index in [0.717, 1.165) is 11.3 Å². The van der Waals surface area contributed by atoms with Gasteiger partial charge in [-0.05, 0) is 24.3 Å². The highest BCUT2D eigenvalue weighted by Crippen LogP contribution is 2.15. The van der Waals surface area contributed by atoms with Crippen molar-refractivity contribution in [1.29, 1.82) is 0 Å². The maximum absolute atomic E-state index is 13.6. The van der Waals surface area contributed by atoms with Crippen LogP contribution in [0.25, 0.3) is 11.3 Å². The molecule has 0 saturated heterocycles. The van der Waals surface area contributed by atoms with E-state index < -0.39 is 15.8 Å². The summed E-state index contributed by atoms with van der Waals surface area (Å²) in [5.41, 5.74) is 1.87. The van der Waals surface area contributed by atoms with Crippen molar-refractivity contribution in [3.05, 3.63) is 72.4 Å². The van der Waals surface area contributed by atoms with Gasteiger partial charge in [-0.15, -0.1) is 0 Å². The Bertz CT molecular complexity index is 942. The van der Waals surface area contributed by atoms with E-state index in [-0.39, 0.29) is 17.9 Å². The predicted molar refractivity (Wildman–Crippen MR) is 92.5 cm³/mol. The molecule has 0 saturated carbocycles. The molecule has 25 heavy (non-hydrogen) atoms. The number of pyridine rings is 1. The Morgan fingerprint density at radius 3 is 2.60 bits per heavy atom. The monoisotopic (exact) mass is 360 g/mol. The second-order valence-corrected chi connectivity index (χ2v) is 7.25. The van der Waals surface area contributed by atoms with E-state index >= 15 is 0 Å². The Hall–Kier alpha value is -2.58. The van der Waals surface area contributed by atoms with Gasteiger partial charge in [-0.1, -0.05) is 18.2 Å². The third-order valence-electron chi connectivity index (χ3n) is 3.58. The number of benzene rings is 1. The fourth-order valence-corrected chi connectivity index (χ4v) is 3.50. The molecule has 2 heterocycles. The number of rotatable bonds is 7. The second-order valence-electron chi connectivity index (χ2n) is 5.44. The molecule has 0 bridgehead atoms. The van der Waals surface area contributed by atoms with Gasteiger partial charge in [0.15, 0.2) is 0 Å². The molecule has 1 N–H and O–H groups in total. The molecule has 130 valence electrons. The van der Waals surface area contributed by atoms with Gasteiger partial charge in [-0.25, -0.2) is 17.5 Å². The molecule has 0 aliphatic carbocycles. The van der Waals surface area contributed by atoms with Crippen molar-refractivity contribution in [2.45, 2.75) is 12.3 Å². The molecule has 3 rings (SSSR count). The first-order valence-electron chi connectivity index (χ1n) is 7.68. The molecule has 8 heteroatoms. The lowest BCUT2D eigenvalue weighted by Gasteiger charge is -2.07. The van der Waals surface area contributed by atoms with E-state index in [1.807, 2.05) is 18.2 Å². The van der Waals surface area contributed by atoms with Gasteiger partial charge in [0.05, 0.1) is 18.0 Å². The molecule has 0 spiro atoms. The van der Waals surface area contributed by atoms with Crippen LogP contribution in [0.3, 0.4) is 0 Å². The molecule has 0 aliphatic rings. The van der Waals surface area contributed by atoms with Gasteiger partial charge >= 0.3 is 0 Å². The summed E-state index contributed by atoms with van der Waals surface area (Å²) in [5, 5.41) is 4.39. The van der Waals surface area contributed by atoms with Crippen LogP contribution in [-0.2, 0) is 22.3 Å². The van der Waals surface area contributed by atoms with Crippen LogP contribution in [0.15, 0.2) is 61.1 Å². The third kappa shape index (κ3) is 4.71. The van der Waals surface area contributed by atoms with Crippen LogP contribution >= 0.6 is 0 Å². The molecule has 6 nitrogen and oxygen atoms in total. The van der Waals surface area contributed by atoms with Gasteiger partial charge in [0.1, 0.15) is 5.82 Å². The lowest BCUT2D eigenvalue weighted by molar-refractivity contribution is 0.557. The standard InChI is InChI=1S/C17H17FN4O2S/c18-16-4-2-1-3-15(16)13-25(23,24)20-10-12-22-11-7-17(21-22)14-5-8-19-9-6-14/h1-9,11,20H,10,12-13H2. The predicted octanol–water partition coefficient (Wildman–Crippen LogP) is 2.20. The Labute approximate surface area is 145 Å². The number of hydrogen-bond acceptors (Lipinski definition) is 4. The van der Waals surface area contributed by atoms with E-state index in [4.69, 9.17) is 0 Å². The molecule has 0 fully saturated rings. The average Bonchev–Trinajstić information content (AvgIpc) is 3.06. The largest absolute Gasteiger partial charge is 0.271 e. The molecule has 2 aromatic heterocycles. The van der Waals surface area contributed by atoms with Crippen LogP contribution in [0.2, 0.25) is 0 Å². The van der Waals surface area contributed by atoms with Crippen LogP contribution in [0, 0.1) is 5.82 Å². The quantitative estimate of drug-likeness (QED) is 0.701. The zero-order valence-corrected chi connectivity index (χ0v) is 14.2. The first kappa shape index (κ1) is 17.2. The van der Waals surface area contributed by atoms with Crippen molar-refractivity contribution >= 4 is 10.0 Å². The number of halogens is 1. The summed E-state index contributed by atoms with van der Waals surface area (Å²) in [7, 11) is -3.61. The molecule has 0 amide bonds. The summed E-state index contributed by atoms with van der Waals surface area (Å²) in [6, 6.07) is 11.4. The fourth-order valence-electron chi connectivity index (χ4n) is 2.35. The summed E-state index contributed by atoms with van der Waals surface area (Å²) in [5.74, 6) is -0.914. The smallest absolute Gasteiger partial charge is 0.215 e. The van der Waals surface area contributed by atoms with Crippen molar-refractivity contribution in [2.75, 3.05) is 6.54 Å². The minimum absolute atomic E-state index is 0.147. The summed E-state index contributed by atoms with van der Waals surface area (Å²) in [4.78, 5) is 3.96. The molecule has 1 aromatic carbocycles. The normalized spacial score (nSPS) is 11.6. The minimum atomic E-state index is -3.61. The number of aromatic nitrogens is 3. The first-order chi connectivity index (χ1) is 12.0. The van der Waals surface area contributed by atoms with Crippen LogP contribution in [0.4, 0.5) is 4.39 Å². The average molecular weight is 360 g/mol. The van der Waals surface area contributed by atoms with Crippen molar-refractivity contribution in [2.24, 2.45) is 0 Å². The molecular formula is C17H17FN4O2S. The highest BCUT2D eigenvalue weighted by molar-refractivity contribution is 7.88. The summed E-state index contributed by atoms with van der Waals surface area (Å²) in [6.07, 6.45) is 5.15. The van der Waals surface area contributed by atoms with Crippen LogP contribution in [0.5, 0.6) is 0 Å². The fraction of sp³-hybridized carbons (Fsp3) is 0.176. The lowest BCUT2D eigenvalue weighted by Crippen LogP contribution is -2.29. The highest BCUT2D eigenvalue weighted by atomic mass is 32.2. The Morgan fingerprint density at radius 1 is 1.08 bits per heavy atom. The van der Waals surface area contributed by atoms with E-state index in [9.17, 15) is 12.8 Å². The van der Waals surface area contributed by atoms with E-state index in [1.165, 1.54) is 18.2 Å². The zero-order chi connectivity index (χ0) is 17.7. The third-order valence-corrected chi connectivity index (χ3v) is 4.92. The van der Waals surface area contributed by atoms with Gasteiger partial charge in [-0.2, -0.15) is 5.10 Å². The van der Waals surface area contributed by atoms with E-state index in [0.29, 0.717) is 6.54 Å². The molecule has 0 unspecified atom stereocenters. The maximum atomic E-state index is 13.6. The number of sulfonamides is 1. The zero-order valence-electron chi connectivity index (χ0n) is 13.3.